The summed E-state index contributed by atoms with van der Waals surface area (Å²) in [6.07, 6.45) is 0.313. The predicted molar refractivity (Wildman–Crippen MR) is 169 cm³/mol. The average Bonchev–Trinajstić information content (AvgIpc) is 3.32. The molecule has 0 aliphatic carbocycles. The van der Waals surface area contributed by atoms with Gasteiger partial charge in [-0.2, -0.15) is 0 Å². The quantitative estimate of drug-likeness (QED) is 0.185. The third kappa shape index (κ3) is 7.67. The van der Waals surface area contributed by atoms with Gasteiger partial charge in [-0.05, 0) is 39.9 Å². The van der Waals surface area contributed by atoms with Crippen LogP contribution in [0.5, 0.6) is 0 Å². The van der Waals surface area contributed by atoms with E-state index in [0.717, 1.165) is 33.4 Å². The molecule has 0 bridgehead atoms. The maximum atomic E-state index is 12.0. The van der Waals surface area contributed by atoms with Crippen molar-refractivity contribution < 1.29 is 19.4 Å². The molecule has 1 fully saturated rings. The minimum absolute atomic E-state index is 0.0388. The van der Waals surface area contributed by atoms with Crippen LogP contribution in [-0.4, -0.2) is 30.5 Å². The summed E-state index contributed by atoms with van der Waals surface area (Å²) in [6.45, 7) is 2.66. The van der Waals surface area contributed by atoms with Gasteiger partial charge in [0, 0.05) is 18.0 Å². The van der Waals surface area contributed by atoms with E-state index in [9.17, 15) is 9.90 Å². The van der Waals surface area contributed by atoms with Crippen molar-refractivity contribution >= 4 is 63.9 Å². The highest BCUT2D eigenvalue weighted by Crippen LogP contribution is 2.43. The smallest absolute Gasteiger partial charge is 0.272 e. The van der Waals surface area contributed by atoms with Gasteiger partial charge in [-0.3, -0.25) is 4.79 Å². The number of amides is 1. The minimum atomic E-state index is -2.03. The van der Waals surface area contributed by atoms with Gasteiger partial charge in [0.25, 0.3) is 9.70 Å². The summed E-state index contributed by atoms with van der Waals surface area (Å²) in [4.78, 5) is 16.1. The number of carbonyl (C=O) groups excluding carboxylic acids is 1. The molecule has 4 aromatic rings. The lowest BCUT2D eigenvalue weighted by Crippen LogP contribution is -2.39. The summed E-state index contributed by atoms with van der Waals surface area (Å²) >= 11 is 29.5. The molecule has 12 heteroatoms. The van der Waals surface area contributed by atoms with E-state index in [0.29, 0.717) is 11.7 Å². The van der Waals surface area contributed by atoms with Crippen LogP contribution in [0.3, 0.4) is 0 Å². The Balaban J connectivity index is 1.42. The van der Waals surface area contributed by atoms with Gasteiger partial charge in [0.05, 0.1) is 31.7 Å². The molecule has 0 spiro atoms. The van der Waals surface area contributed by atoms with Gasteiger partial charge in [-0.1, -0.05) is 126 Å². The van der Waals surface area contributed by atoms with Crippen LogP contribution in [0, 0.1) is 5.92 Å². The number of aliphatic hydroxyl groups is 1. The summed E-state index contributed by atoms with van der Waals surface area (Å²) in [5.74, 6) is -0.753. The predicted octanol–water partition coefficient (Wildman–Crippen LogP) is 7.83. The van der Waals surface area contributed by atoms with E-state index in [4.69, 9.17) is 67.5 Å². The summed E-state index contributed by atoms with van der Waals surface area (Å²) < 4.78 is 12.9. The fraction of sp³-hybridized carbons (Fsp3) is 0.290. The largest absolute Gasteiger partial charge is 0.392 e. The Hall–Kier alpha value is -2.33. The molecular formula is C31H28Cl5N3O4. The lowest BCUT2D eigenvalue weighted by atomic mass is 9.90. The van der Waals surface area contributed by atoms with Gasteiger partial charge < -0.3 is 24.5 Å². The number of aromatic nitrogens is 2. The fourth-order valence-corrected chi connectivity index (χ4v) is 5.51. The lowest BCUT2D eigenvalue weighted by molar-refractivity contribution is -0.276. The van der Waals surface area contributed by atoms with Crippen LogP contribution < -0.4 is 5.32 Å². The van der Waals surface area contributed by atoms with Crippen molar-refractivity contribution in [2.45, 2.75) is 48.9 Å². The second-order valence-electron chi connectivity index (χ2n) is 10.3. The number of hydrogen-bond donors (Lipinski definition) is 2. The summed E-state index contributed by atoms with van der Waals surface area (Å²) in [6, 6.07) is 23.3. The van der Waals surface area contributed by atoms with E-state index in [1.807, 2.05) is 72.8 Å². The fourth-order valence-electron chi connectivity index (χ4n) is 5.00. The van der Waals surface area contributed by atoms with Crippen molar-refractivity contribution in [3.05, 3.63) is 112 Å². The topological polar surface area (TPSA) is 85.6 Å². The van der Waals surface area contributed by atoms with Crippen LogP contribution in [0.4, 0.5) is 0 Å². The van der Waals surface area contributed by atoms with Crippen LogP contribution in [0.1, 0.15) is 41.6 Å². The Bertz CT molecular complexity index is 1570. The molecule has 5 rings (SSSR count). The zero-order valence-corrected chi connectivity index (χ0v) is 26.7. The first-order valence-electron chi connectivity index (χ1n) is 13.4. The van der Waals surface area contributed by atoms with E-state index < -0.39 is 16.0 Å². The molecule has 4 atom stereocenters. The molecule has 1 aliphatic heterocycles. The Kier molecular flexibility index (Phi) is 10.3. The Morgan fingerprint density at radius 1 is 0.953 bits per heavy atom. The zero-order valence-electron chi connectivity index (χ0n) is 22.9. The molecule has 3 aromatic carbocycles. The van der Waals surface area contributed by atoms with Gasteiger partial charge in [-0.15, -0.1) is 0 Å². The number of alkyl halides is 3. The van der Waals surface area contributed by atoms with Crippen molar-refractivity contribution in [2.75, 3.05) is 0 Å². The summed E-state index contributed by atoms with van der Waals surface area (Å²) in [7, 11) is 0. The van der Waals surface area contributed by atoms with Crippen molar-refractivity contribution in [2.24, 2.45) is 5.92 Å². The van der Waals surface area contributed by atoms with Crippen molar-refractivity contribution in [3.8, 4) is 11.1 Å². The number of aliphatic hydroxyl groups excluding tert-OH is 1. The first kappa shape index (κ1) is 32.1. The van der Waals surface area contributed by atoms with E-state index >= 15 is 0 Å². The summed E-state index contributed by atoms with van der Waals surface area (Å²) in [5, 5.41) is 12.7. The molecule has 0 unspecified atom stereocenters. The molecule has 1 saturated heterocycles. The average molecular weight is 684 g/mol. The molecule has 2 N–H and O–H groups in total. The molecule has 43 heavy (non-hydrogen) atoms. The third-order valence-electron chi connectivity index (χ3n) is 7.36. The van der Waals surface area contributed by atoms with Crippen molar-refractivity contribution in [1.82, 2.24) is 14.9 Å². The number of benzene rings is 3. The normalized spacial score (nSPS) is 20.6. The Morgan fingerprint density at radius 3 is 2.30 bits per heavy atom. The third-order valence-corrected chi connectivity index (χ3v) is 8.65. The number of ether oxygens (including phenoxy) is 2. The monoisotopic (exact) mass is 681 g/mol. The number of rotatable bonds is 8. The highest BCUT2D eigenvalue weighted by molar-refractivity contribution is 6.76. The molecule has 1 aliphatic rings. The van der Waals surface area contributed by atoms with Crippen LogP contribution in [0.25, 0.3) is 11.1 Å². The number of carbonyl (C=O) groups is 1. The first-order valence-corrected chi connectivity index (χ1v) is 15.3. The van der Waals surface area contributed by atoms with Crippen LogP contribution in [-0.2, 0) is 34.0 Å². The zero-order chi connectivity index (χ0) is 30.7. The number of halogens is 5. The number of hydrogen-bond acceptors (Lipinski definition) is 5. The molecule has 2 heterocycles. The molecule has 226 valence electrons. The van der Waals surface area contributed by atoms with Crippen LogP contribution in [0.2, 0.25) is 10.3 Å². The van der Waals surface area contributed by atoms with Gasteiger partial charge in [0.1, 0.15) is 5.15 Å². The molecule has 0 radical (unpaired) electrons. The lowest BCUT2D eigenvalue weighted by Gasteiger charge is -2.41. The molecule has 1 aromatic heterocycles. The van der Waals surface area contributed by atoms with Gasteiger partial charge in [-0.25, -0.2) is 4.98 Å². The number of imidazole rings is 1. The number of nitrogens with one attached hydrogen (secondary N) is 1. The Labute approximate surface area is 274 Å². The van der Waals surface area contributed by atoms with Crippen LogP contribution in [0.15, 0.2) is 79.1 Å². The molecular weight excluding hydrogens is 656 g/mol. The second kappa shape index (κ2) is 13.8. The van der Waals surface area contributed by atoms with E-state index in [-0.39, 0.29) is 36.4 Å². The maximum absolute atomic E-state index is 12.0. The van der Waals surface area contributed by atoms with Crippen LogP contribution >= 0.6 is 58.0 Å². The molecule has 1 amide bonds. The van der Waals surface area contributed by atoms with E-state index in [2.05, 4.69) is 17.2 Å². The molecule has 0 saturated carbocycles. The maximum Gasteiger partial charge on any atom is 0.272 e. The highest BCUT2D eigenvalue weighted by Gasteiger charge is 2.39. The SMILES string of the molecule is C[C@@H]1[C@H](Cn2cnc(Cl)c2Cl)O[C@H](c2cccc(-c3cccc(CNC(=O)C(Cl)(Cl)Cl)c3)c2)O[C@@H]1c1ccc(CO)cc1. The highest BCUT2D eigenvalue weighted by atomic mass is 35.6. The van der Waals surface area contributed by atoms with Gasteiger partial charge in [0.2, 0.25) is 0 Å². The van der Waals surface area contributed by atoms with Crippen molar-refractivity contribution in [1.29, 1.82) is 0 Å². The van der Waals surface area contributed by atoms with E-state index in [1.165, 1.54) is 0 Å². The van der Waals surface area contributed by atoms with Gasteiger partial charge >= 0.3 is 0 Å². The second-order valence-corrected chi connectivity index (χ2v) is 13.3. The minimum Gasteiger partial charge on any atom is -0.392 e. The van der Waals surface area contributed by atoms with Gasteiger partial charge in [0.15, 0.2) is 11.4 Å². The summed E-state index contributed by atoms with van der Waals surface area (Å²) in [5.41, 5.74) is 5.32. The first-order chi connectivity index (χ1) is 20.5. The Morgan fingerprint density at radius 2 is 1.65 bits per heavy atom. The van der Waals surface area contributed by atoms with E-state index in [1.54, 1.807) is 10.9 Å². The number of nitrogens with zero attached hydrogens (tertiary/aromatic N) is 2. The van der Waals surface area contributed by atoms with Crippen molar-refractivity contribution in [3.63, 3.8) is 0 Å². The standard InChI is InChI=1S/C31H28Cl5N3O4/c1-18-25(15-39-17-38-27(32)28(39)33)42-29(43-26(18)21-10-8-19(16-40)9-11-21)24-7-3-6-23(13-24)22-5-2-4-20(12-22)14-37-30(41)31(34,35)36/h2-13,17-18,25-26,29,40H,14-16H2,1H3,(H,37,41)/t18-,25+,26+,29+/m1/s1. The molecule has 7 nitrogen and oxygen atoms in total.